The monoisotopic (exact) mass is 370 g/mol. The lowest BCUT2D eigenvalue weighted by molar-refractivity contribution is 0.573. The number of nitrogens with one attached hydrogen (secondary N) is 1. The van der Waals surface area contributed by atoms with Crippen molar-refractivity contribution in [3.8, 4) is 11.6 Å². The average molecular weight is 370 g/mol. The number of aromatic amines is 1. The molecule has 0 bridgehead atoms. The van der Waals surface area contributed by atoms with E-state index >= 15 is 0 Å². The molecule has 0 spiro atoms. The first-order chi connectivity index (χ1) is 9.16. The number of aromatic nitrogens is 2. The van der Waals surface area contributed by atoms with Gasteiger partial charge in [-0.25, -0.2) is 4.98 Å². The first-order valence-electron chi connectivity index (χ1n) is 6.51. The fourth-order valence-electron chi connectivity index (χ4n) is 2.67. The van der Waals surface area contributed by atoms with Crippen molar-refractivity contribution in [2.45, 2.75) is 38.5 Å². The zero-order valence-corrected chi connectivity index (χ0v) is 12.9. The predicted molar refractivity (Wildman–Crippen MR) is 81.2 cm³/mol. The first kappa shape index (κ1) is 12.9. The lowest BCUT2D eigenvalue weighted by atomic mass is 10.0. The summed E-state index contributed by atoms with van der Waals surface area (Å²) in [5.41, 5.74) is 1.86. The van der Waals surface area contributed by atoms with E-state index in [4.69, 9.17) is 4.42 Å². The van der Waals surface area contributed by atoms with Gasteiger partial charge in [0.25, 0.3) is 5.56 Å². The zero-order chi connectivity index (χ0) is 13.4. The molecule has 100 valence electrons. The molecular weight excluding hydrogens is 355 g/mol. The highest BCUT2D eigenvalue weighted by Gasteiger charge is 2.24. The van der Waals surface area contributed by atoms with E-state index in [2.05, 4.69) is 32.6 Å². The molecule has 0 aliphatic heterocycles. The topological polar surface area (TPSA) is 58.9 Å². The van der Waals surface area contributed by atoms with Crippen LogP contribution in [0, 0.1) is 10.5 Å². The number of H-pyrrole nitrogens is 1. The van der Waals surface area contributed by atoms with Gasteiger partial charge in [-0.05, 0) is 54.0 Å². The van der Waals surface area contributed by atoms with Crippen molar-refractivity contribution < 1.29 is 4.42 Å². The van der Waals surface area contributed by atoms with Crippen LogP contribution in [-0.2, 0) is 0 Å². The molecule has 1 aliphatic carbocycles. The van der Waals surface area contributed by atoms with E-state index in [1.54, 1.807) is 6.26 Å². The fourth-order valence-corrected chi connectivity index (χ4v) is 3.36. The minimum Gasteiger partial charge on any atom is -0.461 e. The van der Waals surface area contributed by atoms with Gasteiger partial charge in [0.2, 0.25) is 0 Å². The minimum atomic E-state index is -0.0664. The van der Waals surface area contributed by atoms with E-state index in [0.717, 1.165) is 27.7 Å². The third kappa shape index (κ3) is 2.35. The maximum Gasteiger partial charge on any atom is 0.264 e. The molecule has 19 heavy (non-hydrogen) atoms. The van der Waals surface area contributed by atoms with E-state index in [1.807, 2.05) is 13.0 Å². The van der Waals surface area contributed by atoms with Gasteiger partial charge >= 0.3 is 0 Å². The molecule has 0 saturated heterocycles. The Morgan fingerprint density at radius 3 is 2.79 bits per heavy atom. The normalized spacial score (nSPS) is 16.1. The predicted octanol–water partition coefficient (Wildman–Crippen LogP) is 3.60. The number of hydrogen-bond acceptors (Lipinski definition) is 3. The highest BCUT2D eigenvalue weighted by molar-refractivity contribution is 14.1. The van der Waals surface area contributed by atoms with Crippen molar-refractivity contribution in [1.82, 2.24) is 9.97 Å². The first-order valence-corrected chi connectivity index (χ1v) is 7.59. The summed E-state index contributed by atoms with van der Waals surface area (Å²) in [6.45, 7) is 1.95. The quantitative estimate of drug-likeness (QED) is 0.822. The largest absolute Gasteiger partial charge is 0.461 e. The van der Waals surface area contributed by atoms with E-state index < -0.39 is 0 Å². The van der Waals surface area contributed by atoms with Crippen molar-refractivity contribution in [2.24, 2.45) is 0 Å². The molecule has 3 rings (SSSR count). The van der Waals surface area contributed by atoms with Crippen LogP contribution < -0.4 is 5.56 Å². The highest BCUT2D eigenvalue weighted by atomic mass is 127. The van der Waals surface area contributed by atoms with Crippen LogP contribution in [0.5, 0.6) is 0 Å². The lowest BCUT2D eigenvalue weighted by Crippen LogP contribution is -2.18. The van der Waals surface area contributed by atoms with E-state index in [0.29, 0.717) is 17.5 Å². The summed E-state index contributed by atoms with van der Waals surface area (Å²) in [4.78, 5) is 19.6. The molecule has 4 nitrogen and oxygen atoms in total. The van der Waals surface area contributed by atoms with Crippen LogP contribution in [-0.4, -0.2) is 9.97 Å². The molecule has 0 unspecified atom stereocenters. The Morgan fingerprint density at radius 2 is 2.16 bits per heavy atom. The van der Waals surface area contributed by atoms with Crippen LogP contribution in [0.1, 0.15) is 42.9 Å². The van der Waals surface area contributed by atoms with Gasteiger partial charge in [-0.15, -0.1) is 0 Å². The molecule has 0 radical (unpaired) electrons. The Hall–Kier alpha value is -1.11. The van der Waals surface area contributed by atoms with Crippen molar-refractivity contribution in [3.63, 3.8) is 0 Å². The van der Waals surface area contributed by atoms with Crippen molar-refractivity contribution in [2.75, 3.05) is 0 Å². The molecule has 2 aromatic heterocycles. The Bertz CT molecular complexity index is 654. The second-order valence-corrected chi connectivity index (χ2v) is 6.11. The summed E-state index contributed by atoms with van der Waals surface area (Å²) in [5, 5.41) is 0. The summed E-state index contributed by atoms with van der Waals surface area (Å²) in [6, 6.07) is 1.88. The van der Waals surface area contributed by atoms with Crippen LogP contribution >= 0.6 is 22.6 Å². The van der Waals surface area contributed by atoms with Gasteiger partial charge in [-0.2, -0.15) is 0 Å². The number of furan rings is 1. The summed E-state index contributed by atoms with van der Waals surface area (Å²) in [5.74, 6) is 1.63. The number of hydrogen-bond donors (Lipinski definition) is 1. The summed E-state index contributed by atoms with van der Waals surface area (Å²) in [6.07, 6.45) is 6.33. The van der Waals surface area contributed by atoms with Crippen LogP contribution in [0.3, 0.4) is 0 Å². The molecule has 1 saturated carbocycles. The molecule has 0 aromatic carbocycles. The molecule has 1 aliphatic rings. The van der Waals surface area contributed by atoms with Crippen LogP contribution in [0.2, 0.25) is 0 Å². The second-order valence-electron chi connectivity index (χ2n) is 5.03. The second kappa shape index (κ2) is 5.11. The van der Waals surface area contributed by atoms with Crippen LogP contribution in [0.4, 0.5) is 0 Å². The van der Waals surface area contributed by atoms with Gasteiger partial charge in [0.05, 0.1) is 12.0 Å². The van der Waals surface area contributed by atoms with Gasteiger partial charge in [0.1, 0.15) is 3.57 Å². The lowest BCUT2D eigenvalue weighted by Gasteiger charge is -2.11. The number of nitrogens with zero attached hydrogens (tertiary/aromatic N) is 1. The zero-order valence-electron chi connectivity index (χ0n) is 10.7. The van der Waals surface area contributed by atoms with Crippen LogP contribution in [0.15, 0.2) is 21.5 Å². The SMILES string of the molecule is Cc1ccoc1-c1nc(C2CCCC2)c(I)c(=O)[nH]1. The van der Waals surface area contributed by atoms with Gasteiger partial charge in [0.15, 0.2) is 11.6 Å². The smallest absolute Gasteiger partial charge is 0.264 e. The van der Waals surface area contributed by atoms with Gasteiger partial charge < -0.3 is 9.40 Å². The molecule has 1 fully saturated rings. The molecule has 5 heteroatoms. The summed E-state index contributed by atoms with van der Waals surface area (Å²) < 4.78 is 6.15. The average Bonchev–Trinajstić information content (AvgIpc) is 3.03. The highest BCUT2D eigenvalue weighted by Crippen LogP contribution is 2.35. The number of aryl methyl sites for hydroxylation is 1. The third-order valence-electron chi connectivity index (χ3n) is 3.71. The Kier molecular flexibility index (Phi) is 3.47. The van der Waals surface area contributed by atoms with E-state index in [1.165, 1.54) is 12.8 Å². The molecule has 0 amide bonds. The molecule has 1 N–H and O–H groups in total. The standard InChI is InChI=1S/C14H15IN2O2/c1-8-6-7-19-12(8)13-16-11(9-4-2-3-5-9)10(15)14(18)17-13/h6-7,9H,2-5H2,1H3,(H,16,17,18). The maximum atomic E-state index is 12.1. The Labute approximate surface area is 124 Å². The van der Waals surface area contributed by atoms with E-state index in [9.17, 15) is 4.79 Å². The molecule has 2 heterocycles. The van der Waals surface area contributed by atoms with Gasteiger partial charge in [-0.3, -0.25) is 4.79 Å². The maximum absolute atomic E-state index is 12.1. The van der Waals surface area contributed by atoms with Gasteiger partial charge in [-0.1, -0.05) is 12.8 Å². The van der Waals surface area contributed by atoms with Crippen molar-refractivity contribution in [1.29, 1.82) is 0 Å². The molecule has 2 aromatic rings. The van der Waals surface area contributed by atoms with E-state index in [-0.39, 0.29) is 5.56 Å². The minimum absolute atomic E-state index is 0.0664. The van der Waals surface area contributed by atoms with Crippen LogP contribution in [0.25, 0.3) is 11.6 Å². The van der Waals surface area contributed by atoms with Gasteiger partial charge in [0, 0.05) is 5.92 Å². The Morgan fingerprint density at radius 1 is 1.42 bits per heavy atom. The summed E-state index contributed by atoms with van der Waals surface area (Å²) in [7, 11) is 0. The Balaban J connectivity index is 2.12. The molecular formula is C14H15IN2O2. The third-order valence-corrected chi connectivity index (χ3v) is 4.75. The fraction of sp³-hybridized carbons (Fsp3) is 0.429. The number of halogens is 1. The summed E-state index contributed by atoms with van der Waals surface area (Å²) >= 11 is 2.10. The number of rotatable bonds is 2. The van der Waals surface area contributed by atoms with Crippen molar-refractivity contribution in [3.05, 3.63) is 37.5 Å². The van der Waals surface area contributed by atoms with Crippen molar-refractivity contribution >= 4 is 22.6 Å². The molecule has 0 atom stereocenters.